The van der Waals surface area contributed by atoms with Crippen LogP contribution in [-0.2, 0) is 18.9 Å². The number of nitrogens with one attached hydrogen (secondary N) is 1. The maximum absolute atomic E-state index is 11.9. The number of ether oxygens (including phenoxy) is 4. The average molecular weight is 461 g/mol. The molecule has 0 unspecified atom stereocenters. The summed E-state index contributed by atoms with van der Waals surface area (Å²) in [5, 5.41) is 1.75. The lowest BCUT2D eigenvalue weighted by atomic mass is 10.2. The molecule has 0 spiro atoms. The molecule has 0 fully saturated rings. The van der Waals surface area contributed by atoms with Crippen LogP contribution >= 0.6 is 11.8 Å². The predicted octanol–water partition coefficient (Wildman–Crippen LogP) is 3.99. The minimum absolute atomic E-state index is 0.0934. The molecule has 1 amide bonds. The number of benzene rings is 2. The van der Waals surface area contributed by atoms with E-state index in [1.807, 2.05) is 0 Å². The Morgan fingerprint density at radius 1 is 0.750 bits per heavy atom. The molecule has 0 saturated carbocycles. The second-order valence-corrected chi connectivity index (χ2v) is 7.26. The molecule has 2 aromatic carbocycles. The lowest BCUT2D eigenvalue weighted by molar-refractivity contribution is -0.0602. The Bertz CT molecular complexity index is 831. The van der Waals surface area contributed by atoms with Gasteiger partial charge in [-0.2, -0.15) is 0 Å². The minimum atomic E-state index is -1.10. The van der Waals surface area contributed by atoms with Gasteiger partial charge in [-0.3, -0.25) is 0 Å². The van der Waals surface area contributed by atoms with E-state index in [0.29, 0.717) is 11.1 Å². The van der Waals surface area contributed by atoms with Crippen LogP contribution in [0.15, 0.2) is 60.7 Å². The molecule has 0 aromatic heterocycles. The van der Waals surface area contributed by atoms with Crippen molar-refractivity contribution in [3.63, 3.8) is 0 Å². The molecule has 0 aliphatic carbocycles. The van der Waals surface area contributed by atoms with Crippen molar-refractivity contribution >= 4 is 35.1 Å². The Hall–Kier alpha value is -3.53. The molecule has 10 heteroatoms. The molecule has 0 saturated heterocycles. The molecule has 9 nitrogen and oxygen atoms in total. The van der Waals surface area contributed by atoms with Crippen molar-refractivity contribution in [2.45, 2.75) is 26.4 Å². The summed E-state index contributed by atoms with van der Waals surface area (Å²) in [4.78, 5) is 47.3. The van der Waals surface area contributed by atoms with E-state index in [1.165, 1.54) is 13.8 Å². The monoisotopic (exact) mass is 461 g/mol. The highest BCUT2D eigenvalue weighted by Gasteiger charge is 2.17. The van der Waals surface area contributed by atoms with Gasteiger partial charge in [0.05, 0.1) is 11.1 Å². The van der Waals surface area contributed by atoms with Crippen molar-refractivity contribution in [2.75, 3.05) is 12.3 Å². The highest BCUT2D eigenvalue weighted by molar-refractivity contribution is 8.13. The van der Waals surface area contributed by atoms with Gasteiger partial charge in [0.2, 0.25) is 12.6 Å². The maximum atomic E-state index is 11.9. The Morgan fingerprint density at radius 2 is 1.22 bits per heavy atom. The summed E-state index contributed by atoms with van der Waals surface area (Å²) in [6.45, 7) is 2.92. The summed E-state index contributed by atoms with van der Waals surface area (Å²) in [5.74, 6) is -1.04. The second kappa shape index (κ2) is 13.0. The SMILES string of the molecule is C[C@@H](OC(=O)NCCSC(=O)O[C@H](C)OC(=O)c1ccccc1)OC(=O)c1ccccc1. The van der Waals surface area contributed by atoms with Gasteiger partial charge < -0.3 is 24.3 Å². The van der Waals surface area contributed by atoms with Crippen LogP contribution in [0.3, 0.4) is 0 Å². The minimum Gasteiger partial charge on any atom is -0.422 e. The highest BCUT2D eigenvalue weighted by atomic mass is 32.2. The summed E-state index contributed by atoms with van der Waals surface area (Å²) in [6.07, 6.45) is -2.97. The Labute approximate surface area is 189 Å². The van der Waals surface area contributed by atoms with Crippen molar-refractivity contribution in [1.29, 1.82) is 0 Å². The van der Waals surface area contributed by atoms with E-state index in [2.05, 4.69) is 5.32 Å². The first-order valence-electron chi connectivity index (χ1n) is 9.65. The zero-order chi connectivity index (χ0) is 23.3. The largest absolute Gasteiger partial charge is 0.422 e. The molecule has 2 atom stereocenters. The molecular weight excluding hydrogens is 438 g/mol. The molecule has 32 heavy (non-hydrogen) atoms. The third-order valence-corrected chi connectivity index (χ3v) is 4.43. The lowest BCUT2D eigenvalue weighted by Crippen LogP contribution is -2.31. The van der Waals surface area contributed by atoms with Crippen LogP contribution in [0.5, 0.6) is 0 Å². The molecule has 0 radical (unpaired) electrons. The molecule has 2 aromatic rings. The van der Waals surface area contributed by atoms with E-state index in [0.717, 1.165) is 11.8 Å². The van der Waals surface area contributed by atoms with E-state index < -0.39 is 35.9 Å². The average Bonchev–Trinajstić information content (AvgIpc) is 2.77. The van der Waals surface area contributed by atoms with Crippen LogP contribution < -0.4 is 5.32 Å². The van der Waals surface area contributed by atoms with Crippen molar-refractivity contribution < 1.29 is 38.1 Å². The number of amides is 1. The first kappa shape index (κ1) is 24.7. The van der Waals surface area contributed by atoms with Gasteiger partial charge in [0, 0.05) is 26.1 Å². The van der Waals surface area contributed by atoms with E-state index in [4.69, 9.17) is 18.9 Å². The van der Waals surface area contributed by atoms with Crippen molar-refractivity contribution in [2.24, 2.45) is 0 Å². The topological polar surface area (TPSA) is 117 Å². The molecule has 0 aliphatic heterocycles. The molecule has 0 bridgehead atoms. The molecule has 1 N–H and O–H groups in total. The number of rotatable bonds is 9. The van der Waals surface area contributed by atoms with Crippen LogP contribution in [-0.4, -0.2) is 48.2 Å². The number of esters is 2. The van der Waals surface area contributed by atoms with Crippen LogP contribution in [0.25, 0.3) is 0 Å². The Kier molecular flexibility index (Phi) is 10.1. The zero-order valence-corrected chi connectivity index (χ0v) is 18.3. The van der Waals surface area contributed by atoms with Crippen LogP contribution in [0.1, 0.15) is 34.6 Å². The maximum Gasteiger partial charge on any atom is 0.410 e. The normalized spacial score (nSPS) is 12.1. The smallest absolute Gasteiger partial charge is 0.410 e. The summed E-state index contributed by atoms with van der Waals surface area (Å²) in [5.41, 5.74) is 0.677. The number of alkyl carbamates (subject to hydrolysis) is 1. The fourth-order valence-electron chi connectivity index (χ4n) is 2.28. The van der Waals surface area contributed by atoms with Crippen molar-refractivity contribution in [3.05, 3.63) is 71.8 Å². The van der Waals surface area contributed by atoms with Gasteiger partial charge in [0.1, 0.15) is 0 Å². The molecule has 0 heterocycles. The Balaban J connectivity index is 1.58. The van der Waals surface area contributed by atoms with E-state index in [1.54, 1.807) is 60.7 Å². The molecule has 2 rings (SSSR count). The summed E-state index contributed by atoms with van der Waals surface area (Å²) >= 11 is 0.788. The number of hydrogen-bond donors (Lipinski definition) is 1. The predicted molar refractivity (Wildman–Crippen MR) is 116 cm³/mol. The van der Waals surface area contributed by atoms with Crippen molar-refractivity contribution in [3.8, 4) is 0 Å². The molecule has 170 valence electrons. The fraction of sp³-hybridized carbons (Fsp3) is 0.273. The molecule has 0 aliphatic rings. The number of carbonyl (C=O) groups is 4. The van der Waals surface area contributed by atoms with Gasteiger partial charge in [-0.1, -0.05) is 36.4 Å². The number of thioether (sulfide) groups is 1. The summed E-state index contributed by atoms with van der Waals surface area (Å²) in [7, 11) is 0. The standard InChI is InChI=1S/C22H23NO8S/c1-15(28-19(24)17-9-5-3-6-10-17)30-21(26)23-13-14-32-22(27)31-16(2)29-20(25)18-11-7-4-8-12-18/h3-12,15-16H,13-14H2,1-2H3,(H,23,26)/t15-,16-/m1/s1. The van der Waals surface area contributed by atoms with Gasteiger partial charge in [-0.25, -0.2) is 19.2 Å². The number of hydrogen-bond acceptors (Lipinski definition) is 9. The quantitative estimate of drug-likeness (QED) is 0.336. The lowest BCUT2D eigenvalue weighted by Gasteiger charge is -2.15. The van der Waals surface area contributed by atoms with E-state index in [-0.39, 0.29) is 12.3 Å². The third kappa shape index (κ3) is 9.09. The van der Waals surface area contributed by atoms with Gasteiger partial charge in [-0.15, -0.1) is 0 Å². The Morgan fingerprint density at radius 3 is 1.72 bits per heavy atom. The summed E-state index contributed by atoms with van der Waals surface area (Å²) < 4.78 is 20.0. The highest BCUT2D eigenvalue weighted by Crippen LogP contribution is 2.10. The van der Waals surface area contributed by atoms with Crippen LogP contribution in [0, 0.1) is 0 Å². The fourth-order valence-corrected chi connectivity index (χ4v) is 2.86. The van der Waals surface area contributed by atoms with Crippen molar-refractivity contribution in [1.82, 2.24) is 5.32 Å². The van der Waals surface area contributed by atoms with Gasteiger partial charge in [-0.05, 0) is 36.0 Å². The van der Waals surface area contributed by atoms with Crippen LogP contribution in [0.2, 0.25) is 0 Å². The molecular formula is C22H23NO8S. The van der Waals surface area contributed by atoms with Gasteiger partial charge in [0.25, 0.3) is 0 Å². The summed E-state index contributed by atoms with van der Waals surface area (Å²) in [6, 6.07) is 16.6. The zero-order valence-electron chi connectivity index (χ0n) is 17.5. The number of carbonyl (C=O) groups excluding carboxylic acids is 4. The third-order valence-electron chi connectivity index (χ3n) is 3.69. The van der Waals surface area contributed by atoms with E-state index in [9.17, 15) is 19.2 Å². The van der Waals surface area contributed by atoms with Crippen LogP contribution in [0.4, 0.5) is 9.59 Å². The van der Waals surface area contributed by atoms with Gasteiger partial charge in [0.15, 0.2) is 0 Å². The first-order chi connectivity index (χ1) is 15.3. The first-order valence-corrected chi connectivity index (χ1v) is 10.6. The second-order valence-electron chi connectivity index (χ2n) is 6.23. The van der Waals surface area contributed by atoms with E-state index >= 15 is 0 Å². The van der Waals surface area contributed by atoms with Gasteiger partial charge >= 0.3 is 23.3 Å².